The minimum Gasteiger partial charge on any atom is -0.317 e. The monoisotopic (exact) mass is 469 g/mol. The van der Waals surface area contributed by atoms with Gasteiger partial charge < -0.3 is 4.57 Å². The zero-order chi connectivity index (χ0) is 22.3. The second-order valence-corrected chi connectivity index (χ2v) is 8.28. The van der Waals surface area contributed by atoms with Gasteiger partial charge in [0, 0.05) is 27.6 Å². The zero-order valence-corrected chi connectivity index (χ0v) is 19.0. The van der Waals surface area contributed by atoms with Crippen LogP contribution in [0.15, 0.2) is 60.3 Å². The number of benzene rings is 2. The molecule has 2 heterocycles. The molecule has 8 heteroatoms. The van der Waals surface area contributed by atoms with Crippen LogP contribution in [0.4, 0.5) is 5.69 Å². The highest BCUT2D eigenvalue weighted by Gasteiger charge is 2.35. The van der Waals surface area contributed by atoms with Crippen LogP contribution in [-0.2, 0) is 9.59 Å². The molecule has 0 spiro atoms. The Balaban J connectivity index is 1.78. The molecule has 1 saturated heterocycles. The summed E-state index contributed by atoms with van der Waals surface area (Å²) in [5.74, 6) is -1.07. The maximum atomic E-state index is 13.3. The fourth-order valence-corrected chi connectivity index (χ4v) is 3.96. The average molecular weight is 470 g/mol. The number of rotatable bonds is 3. The molecule has 1 N–H and O–H groups in total. The third-order valence-electron chi connectivity index (χ3n) is 5.09. The van der Waals surface area contributed by atoms with E-state index in [9.17, 15) is 9.59 Å². The third-order valence-corrected chi connectivity index (χ3v) is 6.19. The van der Waals surface area contributed by atoms with Gasteiger partial charge in [-0.1, -0.05) is 35.3 Å². The normalized spacial score (nSPS) is 15.5. The molecule has 2 amide bonds. The Bertz CT molecular complexity index is 1280. The van der Waals surface area contributed by atoms with E-state index in [2.05, 4.69) is 5.32 Å². The highest BCUT2D eigenvalue weighted by Crippen LogP contribution is 2.30. The van der Waals surface area contributed by atoms with Crippen LogP contribution in [0.2, 0.25) is 10.0 Å². The summed E-state index contributed by atoms with van der Waals surface area (Å²) in [4.78, 5) is 27.3. The molecule has 2 aromatic carbocycles. The average Bonchev–Trinajstić information content (AvgIpc) is 3.18. The molecule has 1 aromatic heterocycles. The number of hydrogen-bond acceptors (Lipinski definition) is 3. The molecule has 1 fully saturated rings. The molecule has 1 aliphatic heterocycles. The molecule has 0 radical (unpaired) electrons. The van der Waals surface area contributed by atoms with Crippen molar-refractivity contribution in [2.45, 2.75) is 13.8 Å². The van der Waals surface area contributed by atoms with Crippen molar-refractivity contribution in [2.75, 3.05) is 4.90 Å². The van der Waals surface area contributed by atoms with Gasteiger partial charge in [-0.05, 0) is 79.7 Å². The van der Waals surface area contributed by atoms with Gasteiger partial charge in [-0.2, -0.15) is 0 Å². The Morgan fingerprint density at radius 3 is 2.52 bits per heavy atom. The summed E-state index contributed by atoms with van der Waals surface area (Å²) in [5, 5.41) is 3.74. The maximum absolute atomic E-state index is 13.3. The number of amides is 2. The minimum absolute atomic E-state index is 0.0122. The maximum Gasteiger partial charge on any atom is 0.270 e. The summed E-state index contributed by atoms with van der Waals surface area (Å²) < 4.78 is 1.85. The number of nitrogens with zero attached hydrogens (tertiary/aromatic N) is 2. The topological polar surface area (TPSA) is 54.3 Å². The van der Waals surface area contributed by atoms with Gasteiger partial charge in [-0.25, -0.2) is 0 Å². The number of hydrogen-bond donors (Lipinski definition) is 1. The number of halogens is 2. The van der Waals surface area contributed by atoms with E-state index in [1.165, 1.54) is 4.90 Å². The van der Waals surface area contributed by atoms with Crippen LogP contribution in [0.5, 0.6) is 0 Å². The lowest BCUT2D eigenvalue weighted by Crippen LogP contribution is -2.54. The highest BCUT2D eigenvalue weighted by molar-refractivity contribution is 7.80. The Morgan fingerprint density at radius 1 is 1.00 bits per heavy atom. The van der Waals surface area contributed by atoms with Crippen LogP contribution in [0.1, 0.15) is 16.8 Å². The van der Waals surface area contributed by atoms with E-state index in [1.807, 2.05) is 48.0 Å². The van der Waals surface area contributed by atoms with Crippen LogP contribution >= 0.6 is 35.4 Å². The van der Waals surface area contributed by atoms with Gasteiger partial charge in [-0.15, -0.1) is 0 Å². The first kappa shape index (κ1) is 21.3. The molecule has 0 atom stereocenters. The van der Waals surface area contributed by atoms with Gasteiger partial charge in [0.2, 0.25) is 0 Å². The second-order valence-electron chi connectivity index (χ2n) is 7.08. The lowest BCUT2D eigenvalue weighted by atomic mass is 10.1. The molecule has 5 nitrogen and oxygen atoms in total. The zero-order valence-electron chi connectivity index (χ0n) is 16.6. The van der Waals surface area contributed by atoms with Crippen molar-refractivity contribution in [1.29, 1.82) is 0 Å². The number of carbonyl (C=O) groups excluding carboxylic acids is 2. The summed E-state index contributed by atoms with van der Waals surface area (Å²) in [6, 6.07) is 14.5. The van der Waals surface area contributed by atoms with Gasteiger partial charge in [0.15, 0.2) is 5.11 Å². The van der Waals surface area contributed by atoms with E-state index >= 15 is 0 Å². The molecule has 0 bridgehead atoms. The summed E-state index contributed by atoms with van der Waals surface area (Å²) >= 11 is 17.8. The van der Waals surface area contributed by atoms with E-state index in [1.54, 1.807) is 31.2 Å². The van der Waals surface area contributed by atoms with Gasteiger partial charge in [0.1, 0.15) is 5.57 Å². The predicted octanol–water partition coefficient (Wildman–Crippen LogP) is 5.23. The minimum atomic E-state index is -0.555. The standard InChI is InChI=1S/C23H17Cl2N3O2S/c1-13-8-9-16(12-19(13)25)27-10-4-5-15(27)11-17-21(29)26-23(31)28(22(17)30)20-7-3-6-18(24)14(20)2/h3-12H,1-2H3,(H,26,29,31)/b17-11+. The summed E-state index contributed by atoms with van der Waals surface area (Å²) in [6.07, 6.45) is 3.38. The van der Waals surface area contributed by atoms with Crippen LogP contribution in [-0.4, -0.2) is 21.5 Å². The second kappa shape index (κ2) is 8.30. The Kier molecular flexibility index (Phi) is 5.71. The first-order chi connectivity index (χ1) is 14.8. The largest absolute Gasteiger partial charge is 0.317 e. The van der Waals surface area contributed by atoms with Crippen molar-refractivity contribution in [3.05, 3.63) is 87.2 Å². The van der Waals surface area contributed by atoms with Crippen LogP contribution in [0.3, 0.4) is 0 Å². The van der Waals surface area contributed by atoms with E-state index in [0.29, 0.717) is 27.0 Å². The first-order valence-corrected chi connectivity index (χ1v) is 10.5. The van der Waals surface area contributed by atoms with Crippen molar-refractivity contribution in [3.8, 4) is 5.69 Å². The number of aryl methyl sites for hydroxylation is 1. The summed E-state index contributed by atoms with van der Waals surface area (Å²) in [5.41, 5.74) is 3.59. The van der Waals surface area contributed by atoms with Gasteiger partial charge in [0.25, 0.3) is 11.8 Å². The van der Waals surface area contributed by atoms with Crippen LogP contribution in [0, 0.1) is 13.8 Å². The molecule has 31 heavy (non-hydrogen) atoms. The van der Waals surface area contributed by atoms with Gasteiger partial charge >= 0.3 is 0 Å². The van der Waals surface area contributed by atoms with Crippen molar-refractivity contribution in [1.82, 2.24) is 9.88 Å². The fraction of sp³-hybridized carbons (Fsp3) is 0.0870. The summed E-state index contributed by atoms with van der Waals surface area (Å²) in [6.45, 7) is 3.71. The first-order valence-electron chi connectivity index (χ1n) is 9.38. The summed E-state index contributed by atoms with van der Waals surface area (Å²) in [7, 11) is 0. The molecular formula is C23H17Cl2N3O2S. The predicted molar refractivity (Wildman–Crippen MR) is 128 cm³/mol. The van der Waals surface area contributed by atoms with Crippen molar-refractivity contribution < 1.29 is 9.59 Å². The lowest BCUT2D eigenvalue weighted by molar-refractivity contribution is -0.122. The number of thiocarbonyl (C=S) groups is 1. The molecule has 0 aliphatic carbocycles. The number of carbonyl (C=O) groups is 2. The quantitative estimate of drug-likeness (QED) is 0.324. The Labute approximate surface area is 194 Å². The van der Waals surface area contributed by atoms with E-state index < -0.39 is 11.8 Å². The van der Waals surface area contributed by atoms with Crippen molar-refractivity contribution in [2.24, 2.45) is 0 Å². The number of nitrogens with one attached hydrogen (secondary N) is 1. The Morgan fingerprint density at radius 2 is 1.77 bits per heavy atom. The smallest absolute Gasteiger partial charge is 0.270 e. The van der Waals surface area contributed by atoms with E-state index in [0.717, 1.165) is 11.3 Å². The van der Waals surface area contributed by atoms with E-state index in [4.69, 9.17) is 35.4 Å². The highest BCUT2D eigenvalue weighted by atomic mass is 35.5. The van der Waals surface area contributed by atoms with Crippen LogP contribution < -0.4 is 10.2 Å². The van der Waals surface area contributed by atoms with Crippen LogP contribution in [0.25, 0.3) is 11.8 Å². The molecule has 4 rings (SSSR count). The van der Waals surface area contributed by atoms with Gasteiger partial charge in [0.05, 0.1) is 5.69 Å². The Hall–Kier alpha value is -2.93. The molecular weight excluding hydrogens is 453 g/mol. The third kappa shape index (κ3) is 3.90. The van der Waals surface area contributed by atoms with Gasteiger partial charge in [-0.3, -0.25) is 19.8 Å². The molecule has 156 valence electrons. The van der Waals surface area contributed by atoms with E-state index in [-0.39, 0.29) is 10.7 Å². The SMILES string of the molecule is Cc1ccc(-n2cccc2/C=C2\C(=O)NC(=S)N(c3cccc(Cl)c3C)C2=O)cc1Cl. The van der Waals surface area contributed by atoms with Crippen molar-refractivity contribution in [3.63, 3.8) is 0 Å². The van der Waals surface area contributed by atoms with Crippen molar-refractivity contribution >= 4 is 64.1 Å². The molecule has 3 aromatic rings. The molecule has 1 aliphatic rings. The molecule has 0 saturated carbocycles. The fourth-order valence-electron chi connectivity index (χ4n) is 3.34. The number of anilines is 1. The number of aromatic nitrogens is 1. The molecule has 0 unspecified atom stereocenters. The lowest BCUT2D eigenvalue weighted by Gasteiger charge is -2.30.